The number of carbonyl (C=O) groups excluding carboxylic acids is 1. The van der Waals surface area contributed by atoms with Crippen LogP contribution in [0.25, 0.3) is 11.1 Å². The van der Waals surface area contributed by atoms with Crippen LogP contribution in [0.5, 0.6) is 11.5 Å². The Morgan fingerprint density at radius 1 is 0.758 bits per heavy atom. The Morgan fingerprint density at radius 3 is 2.12 bits per heavy atom. The van der Waals surface area contributed by atoms with E-state index in [1.54, 1.807) is 42.5 Å². The third-order valence-corrected chi connectivity index (χ3v) is 5.38. The first-order valence-electron chi connectivity index (χ1n) is 11.5. The molecule has 3 rings (SSSR count). The average Bonchev–Trinajstić information content (AvgIpc) is 2.82. The van der Waals surface area contributed by atoms with Crippen LogP contribution in [0.3, 0.4) is 0 Å². The monoisotopic (exact) mass is 452 g/mol. The minimum absolute atomic E-state index is 0.101. The summed E-state index contributed by atoms with van der Waals surface area (Å²) in [5.41, 5.74) is 2.56. The molecule has 0 bridgehead atoms. The first-order chi connectivity index (χ1) is 16.0. The lowest BCUT2D eigenvalue weighted by Crippen LogP contribution is -2.09. The number of ether oxygens (including phenoxy) is 2. The maximum absolute atomic E-state index is 14.4. The third-order valence-electron chi connectivity index (χ3n) is 5.38. The Labute approximate surface area is 194 Å². The summed E-state index contributed by atoms with van der Waals surface area (Å²) in [6.45, 7) is 4.65. The number of aryl methyl sites for hydroxylation is 1. The van der Waals surface area contributed by atoms with Gasteiger partial charge in [-0.3, -0.25) is 0 Å². The Kier molecular flexibility index (Phi) is 8.99. The van der Waals surface area contributed by atoms with Crippen LogP contribution < -0.4 is 9.47 Å². The zero-order valence-electron chi connectivity index (χ0n) is 19.2. The molecule has 0 unspecified atom stereocenters. The number of esters is 1. The first kappa shape index (κ1) is 24.4. The van der Waals surface area contributed by atoms with E-state index in [4.69, 9.17) is 9.47 Å². The lowest BCUT2D eigenvalue weighted by Gasteiger charge is -2.10. The van der Waals surface area contributed by atoms with Gasteiger partial charge in [0.2, 0.25) is 0 Å². The summed E-state index contributed by atoms with van der Waals surface area (Å²) < 4.78 is 39.4. The van der Waals surface area contributed by atoms with E-state index in [9.17, 15) is 13.6 Å². The molecule has 0 aliphatic carbocycles. The van der Waals surface area contributed by atoms with Gasteiger partial charge in [-0.25, -0.2) is 13.6 Å². The fourth-order valence-corrected chi connectivity index (χ4v) is 3.54. The van der Waals surface area contributed by atoms with Crippen molar-refractivity contribution in [3.05, 3.63) is 83.4 Å². The number of rotatable bonds is 11. The van der Waals surface area contributed by atoms with Gasteiger partial charge in [0.25, 0.3) is 0 Å². The van der Waals surface area contributed by atoms with Crippen molar-refractivity contribution in [2.45, 2.75) is 52.4 Å². The second-order valence-electron chi connectivity index (χ2n) is 8.04. The Morgan fingerprint density at radius 2 is 1.45 bits per heavy atom. The van der Waals surface area contributed by atoms with E-state index in [2.05, 4.69) is 6.92 Å². The highest BCUT2D eigenvalue weighted by Crippen LogP contribution is 2.27. The van der Waals surface area contributed by atoms with E-state index in [0.717, 1.165) is 49.7 Å². The molecule has 0 aliphatic rings. The molecule has 0 heterocycles. The summed E-state index contributed by atoms with van der Waals surface area (Å²) in [7, 11) is 0. The van der Waals surface area contributed by atoms with Crippen molar-refractivity contribution in [1.29, 1.82) is 0 Å². The zero-order chi connectivity index (χ0) is 23.6. The van der Waals surface area contributed by atoms with Crippen molar-refractivity contribution in [2.24, 2.45) is 0 Å². The molecule has 3 nitrogen and oxygen atoms in total. The molecule has 0 amide bonds. The molecule has 0 atom stereocenters. The van der Waals surface area contributed by atoms with Crippen LogP contribution in [0.4, 0.5) is 8.78 Å². The van der Waals surface area contributed by atoms with Gasteiger partial charge in [-0.1, -0.05) is 63.8 Å². The van der Waals surface area contributed by atoms with Crippen LogP contribution in [0.2, 0.25) is 0 Å². The molecule has 0 N–H and O–H groups in total. The van der Waals surface area contributed by atoms with Crippen LogP contribution >= 0.6 is 0 Å². The first-order valence-corrected chi connectivity index (χ1v) is 11.5. The fourth-order valence-electron chi connectivity index (χ4n) is 3.54. The molecule has 3 aromatic carbocycles. The van der Waals surface area contributed by atoms with E-state index in [1.165, 1.54) is 18.2 Å². The predicted octanol–water partition coefficient (Wildman–Crippen LogP) is 7.76. The van der Waals surface area contributed by atoms with Crippen LogP contribution in [-0.2, 0) is 6.42 Å². The summed E-state index contributed by atoms with van der Waals surface area (Å²) in [4.78, 5) is 12.4. The molecule has 0 aliphatic heterocycles. The molecular weight excluding hydrogens is 422 g/mol. The Bertz CT molecular complexity index is 1060. The molecule has 0 saturated carbocycles. The summed E-state index contributed by atoms with van der Waals surface area (Å²) in [6, 6.07) is 16.0. The van der Waals surface area contributed by atoms with Gasteiger partial charge in [0.1, 0.15) is 0 Å². The molecule has 0 fully saturated rings. The van der Waals surface area contributed by atoms with Crippen LogP contribution in [0, 0.1) is 11.6 Å². The lowest BCUT2D eigenvalue weighted by atomic mass is 10.0. The minimum atomic E-state index is -0.651. The van der Waals surface area contributed by atoms with Gasteiger partial charge in [-0.2, -0.15) is 0 Å². The SMILES string of the molecule is CCCCCCOc1ccc(-c2ccc(C(=O)Oc3ccc(CCC)cc3F)cc2)cc1F. The minimum Gasteiger partial charge on any atom is -0.491 e. The maximum Gasteiger partial charge on any atom is 0.343 e. The number of hydrogen-bond acceptors (Lipinski definition) is 3. The molecule has 0 radical (unpaired) electrons. The van der Waals surface area contributed by atoms with Gasteiger partial charge in [0.05, 0.1) is 12.2 Å². The second kappa shape index (κ2) is 12.1. The van der Waals surface area contributed by atoms with Gasteiger partial charge in [0, 0.05) is 0 Å². The maximum atomic E-state index is 14.4. The highest BCUT2D eigenvalue weighted by atomic mass is 19.1. The Balaban J connectivity index is 1.62. The van der Waals surface area contributed by atoms with E-state index in [0.29, 0.717) is 12.2 Å². The average molecular weight is 453 g/mol. The molecular formula is C28H30F2O3. The number of hydrogen-bond donors (Lipinski definition) is 0. The number of unbranched alkanes of at least 4 members (excludes halogenated alkanes) is 3. The number of halogens is 2. The summed E-state index contributed by atoms with van der Waals surface area (Å²) in [5.74, 6) is -1.50. The van der Waals surface area contributed by atoms with Gasteiger partial charge in [-0.05, 0) is 65.9 Å². The lowest BCUT2D eigenvalue weighted by molar-refractivity contribution is 0.0728. The van der Waals surface area contributed by atoms with Crippen molar-refractivity contribution in [3.63, 3.8) is 0 Å². The summed E-state index contributed by atoms with van der Waals surface area (Å²) in [5, 5.41) is 0. The topological polar surface area (TPSA) is 35.5 Å². The van der Waals surface area contributed by atoms with Gasteiger partial charge in [0.15, 0.2) is 23.1 Å². The smallest absolute Gasteiger partial charge is 0.343 e. The second-order valence-corrected chi connectivity index (χ2v) is 8.04. The van der Waals surface area contributed by atoms with Crippen molar-refractivity contribution < 1.29 is 23.0 Å². The fraction of sp³-hybridized carbons (Fsp3) is 0.321. The predicted molar refractivity (Wildman–Crippen MR) is 127 cm³/mol. The van der Waals surface area contributed by atoms with E-state index in [-0.39, 0.29) is 17.1 Å². The summed E-state index contributed by atoms with van der Waals surface area (Å²) >= 11 is 0. The molecule has 0 spiro atoms. The molecule has 174 valence electrons. The Hall–Kier alpha value is -3.21. The molecule has 5 heteroatoms. The van der Waals surface area contributed by atoms with Gasteiger partial charge >= 0.3 is 5.97 Å². The van der Waals surface area contributed by atoms with Crippen molar-refractivity contribution in [2.75, 3.05) is 6.61 Å². The van der Waals surface area contributed by atoms with E-state index < -0.39 is 17.6 Å². The van der Waals surface area contributed by atoms with Crippen molar-refractivity contribution >= 4 is 5.97 Å². The van der Waals surface area contributed by atoms with E-state index >= 15 is 0 Å². The van der Waals surface area contributed by atoms with Crippen LogP contribution in [-0.4, -0.2) is 12.6 Å². The zero-order valence-corrected chi connectivity index (χ0v) is 19.2. The van der Waals surface area contributed by atoms with E-state index in [1.807, 2.05) is 6.92 Å². The van der Waals surface area contributed by atoms with Crippen LogP contribution in [0.1, 0.15) is 61.9 Å². The highest BCUT2D eigenvalue weighted by molar-refractivity contribution is 5.91. The summed E-state index contributed by atoms with van der Waals surface area (Å²) in [6.07, 6.45) is 5.93. The van der Waals surface area contributed by atoms with Crippen molar-refractivity contribution in [3.8, 4) is 22.6 Å². The number of carbonyl (C=O) groups is 1. The van der Waals surface area contributed by atoms with Gasteiger partial charge in [-0.15, -0.1) is 0 Å². The quantitative estimate of drug-likeness (QED) is 0.169. The molecule has 3 aromatic rings. The number of benzene rings is 3. The van der Waals surface area contributed by atoms with Crippen molar-refractivity contribution in [1.82, 2.24) is 0 Å². The molecule has 33 heavy (non-hydrogen) atoms. The largest absolute Gasteiger partial charge is 0.491 e. The standard InChI is InChI=1S/C28H30F2O3/c1-3-5-6-7-17-32-26-16-14-23(19-25(26)30)21-10-12-22(13-11-21)28(31)33-27-15-9-20(8-4-2)18-24(27)29/h9-16,18-19H,3-8,17H2,1-2H3. The third kappa shape index (κ3) is 6.88. The highest BCUT2D eigenvalue weighted by Gasteiger charge is 2.13. The normalized spacial score (nSPS) is 10.8. The van der Waals surface area contributed by atoms with Crippen LogP contribution in [0.15, 0.2) is 60.7 Å². The molecule has 0 saturated heterocycles. The molecule has 0 aromatic heterocycles. The van der Waals surface area contributed by atoms with Gasteiger partial charge < -0.3 is 9.47 Å².